The Kier molecular flexibility index (Phi) is 36.6. The lowest BCUT2D eigenvalue weighted by Gasteiger charge is -2.16. The Hall–Kier alpha value is -0.870. The number of hydrogen-bond donors (Lipinski definition) is 1. The van der Waals surface area contributed by atoms with Gasteiger partial charge in [0, 0.05) is 13.0 Å². The van der Waals surface area contributed by atoms with Crippen molar-refractivity contribution in [3.8, 4) is 0 Å². The molecule has 4 nitrogen and oxygen atoms in total. The number of carbonyl (C=O) groups is 1. The van der Waals surface area contributed by atoms with E-state index in [1.807, 2.05) is 0 Å². The van der Waals surface area contributed by atoms with Crippen LogP contribution >= 0.6 is 0 Å². The van der Waals surface area contributed by atoms with Gasteiger partial charge in [-0.15, -0.1) is 0 Å². The molecule has 0 rings (SSSR count). The van der Waals surface area contributed by atoms with Crippen LogP contribution in [-0.2, 0) is 14.3 Å². The highest BCUT2D eigenvalue weighted by Crippen LogP contribution is 2.14. The smallest absolute Gasteiger partial charge is 0.306 e. The molecule has 1 N–H and O–H groups in total. The number of hydrogen-bond acceptors (Lipinski definition) is 4. The standard InChI is InChI=1S/C39H76O4/c1-3-5-7-9-11-13-15-16-17-18-19-20-21-22-23-25-27-29-31-33-35-42-37-38(36-40)43-39(41)34-32-30-28-26-24-14-12-10-8-6-4-2/h16-17,38,40H,3-15,18-37H2,1-2H3/b17-16-. The van der Waals surface area contributed by atoms with E-state index in [0.717, 1.165) is 19.3 Å². The average Bonchev–Trinajstić information content (AvgIpc) is 3.01. The summed E-state index contributed by atoms with van der Waals surface area (Å²) >= 11 is 0. The van der Waals surface area contributed by atoms with Crippen LogP contribution in [0.3, 0.4) is 0 Å². The molecule has 0 aliphatic carbocycles. The summed E-state index contributed by atoms with van der Waals surface area (Å²) in [6.07, 6.45) is 42.6. The molecular formula is C39H76O4. The van der Waals surface area contributed by atoms with E-state index in [0.29, 0.717) is 19.6 Å². The van der Waals surface area contributed by atoms with Gasteiger partial charge >= 0.3 is 5.97 Å². The van der Waals surface area contributed by atoms with Crippen molar-refractivity contribution in [3.05, 3.63) is 12.2 Å². The molecule has 256 valence electrons. The maximum Gasteiger partial charge on any atom is 0.306 e. The summed E-state index contributed by atoms with van der Waals surface area (Å²) in [4.78, 5) is 12.1. The van der Waals surface area contributed by atoms with Crippen LogP contribution in [0.4, 0.5) is 0 Å². The third kappa shape index (κ3) is 35.5. The fraction of sp³-hybridized carbons (Fsp3) is 0.923. The number of esters is 1. The summed E-state index contributed by atoms with van der Waals surface area (Å²) in [5.41, 5.74) is 0. The molecule has 0 amide bonds. The minimum atomic E-state index is -0.527. The van der Waals surface area contributed by atoms with Crippen LogP contribution in [0.15, 0.2) is 12.2 Å². The maximum atomic E-state index is 12.1. The lowest BCUT2D eigenvalue weighted by atomic mass is 10.1. The molecule has 0 radical (unpaired) electrons. The topological polar surface area (TPSA) is 55.8 Å². The number of ether oxygens (including phenoxy) is 2. The van der Waals surface area contributed by atoms with Crippen LogP contribution in [0.2, 0.25) is 0 Å². The Morgan fingerprint density at radius 2 is 0.907 bits per heavy atom. The van der Waals surface area contributed by atoms with Gasteiger partial charge in [0.1, 0.15) is 6.10 Å². The second-order valence-corrected chi connectivity index (χ2v) is 13.0. The Morgan fingerprint density at radius 3 is 1.33 bits per heavy atom. The zero-order valence-electron chi connectivity index (χ0n) is 29.2. The molecule has 0 spiro atoms. The largest absolute Gasteiger partial charge is 0.457 e. The molecule has 0 bridgehead atoms. The molecule has 0 saturated heterocycles. The van der Waals surface area contributed by atoms with E-state index in [2.05, 4.69) is 26.0 Å². The van der Waals surface area contributed by atoms with E-state index in [1.54, 1.807) is 0 Å². The lowest BCUT2D eigenvalue weighted by Crippen LogP contribution is -2.27. The van der Waals surface area contributed by atoms with Crippen molar-refractivity contribution in [2.24, 2.45) is 0 Å². The lowest BCUT2D eigenvalue weighted by molar-refractivity contribution is -0.154. The monoisotopic (exact) mass is 609 g/mol. The van der Waals surface area contributed by atoms with E-state index in [-0.39, 0.29) is 12.6 Å². The quantitative estimate of drug-likeness (QED) is 0.0437. The molecule has 0 aromatic rings. The number of aliphatic hydroxyl groups excluding tert-OH is 1. The molecule has 0 aliphatic heterocycles. The van der Waals surface area contributed by atoms with Crippen molar-refractivity contribution in [2.45, 2.75) is 213 Å². The van der Waals surface area contributed by atoms with Gasteiger partial charge in [0.15, 0.2) is 0 Å². The molecule has 4 heteroatoms. The summed E-state index contributed by atoms with van der Waals surface area (Å²) in [6, 6.07) is 0. The second kappa shape index (κ2) is 37.3. The van der Waals surface area contributed by atoms with Gasteiger partial charge in [-0.25, -0.2) is 0 Å². The predicted octanol–water partition coefficient (Wildman–Crippen LogP) is 12.2. The van der Waals surface area contributed by atoms with Crippen molar-refractivity contribution < 1.29 is 19.4 Å². The third-order valence-electron chi connectivity index (χ3n) is 8.59. The van der Waals surface area contributed by atoms with Gasteiger partial charge in [-0.3, -0.25) is 4.79 Å². The molecule has 0 saturated carbocycles. The highest BCUT2D eigenvalue weighted by Gasteiger charge is 2.13. The second-order valence-electron chi connectivity index (χ2n) is 13.0. The normalized spacial score (nSPS) is 12.3. The fourth-order valence-corrected chi connectivity index (χ4v) is 5.68. The zero-order valence-corrected chi connectivity index (χ0v) is 29.2. The maximum absolute atomic E-state index is 12.1. The van der Waals surface area contributed by atoms with Gasteiger partial charge in [0.05, 0.1) is 13.2 Å². The van der Waals surface area contributed by atoms with Crippen molar-refractivity contribution in [2.75, 3.05) is 19.8 Å². The SMILES string of the molecule is CCCCCCCC/C=C\CCCCCCCCCCCCOCC(CO)OC(=O)CCCCCCCCCCCCC. The van der Waals surface area contributed by atoms with Crippen molar-refractivity contribution in [1.82, 2.24) is 0 Å². The first-order chi connectivity index (χ1) is 21.2. The van der Waals surface area contributed by atoms with Crippen molar-refractivity contribution in [3.63, 3.8) is 0 Å². The molecular weight excluding hydrogens is 532 g/mol. The first-order valence-electron chi connectivity index (χ1n) is 19.3. The average molecular weight is 609 g/mol. The summed E-state index contributed by atoms with van der Waals surface area (Å²) in [5, 5.41) is 9.55. The highest BCUT2D eigenvalue weighted by atomic mass is 16.6. The molecule has 1 atom stereocenters. The molecule has 0 heterocycles. The molecule has 0 aromatic heterocycles. The summed E-state index contributed by atoms with van der Waals surface area (Å²) < 4.78 is 11.1. The van der Waals surface area contributed by atoms with Crippen LogP contribution in [0.1, 0.15) is 206 Å². The molecule has 1 unspecified atom stereocenters. The van der Waals surface area contributed by atoms with Crippen LogP contribution in [0.5, 0.6) is 0 Å². The van der Waals surface area contributed by atoms with E-state index < -0.39 is 6.10 Å². The van der Waals surface area contributed by atoms with Crippen LogP contribution in [-0.4, -0.2) is 37.0 Å². The van der Waals surface area contributed by atoms with Gasteiger partial charge in [-0.05, 0) is 38.5 Å². The van der Waals surface area contributed by atoms with Gasteiger partial charge in [-0.2, -0.15) is 0 Å². The summed E-state index contributed by atoms with van der Waals surface area (Å²) in [7, 11) is 0. The molecule has 0 aromatic carbocycles. The van der Waals surface area contributed by atoms with E-state index in [4.69, 9.17) is 9.47 Å². The minimum absolute atomic E-state index is 0.167. The van der Waals surface area contributed by atoms with E-state index in [1.165, 1.54) is 167 Å². The third-order valence-corrected chi connectivity index (χ3v) is 8.59. The van der Waals surface area contributed by atoms with Crippen LogP contribution < -0.4 is 0 Å². The van der Waals surface area contributed by atoms with E-state index in [9.17, 15) is 9.90 Å². The van der Waals surface area contributed by atoms with E-state index >= 15 is 0 Å². The summed E-state index contributed by atoms with van der Waals surface area (Å²) in [6.45, 7) is 5.36. The van der Waals surface area contributed by atoms with Crippen molar-refractivity contribution >= 4 is 5.97 Å². The number of unbranched alkanes of at least 4 members (excludes halogenated alkanes) is 26. The Labute approximate surface area is 269 Å². The fourth-order valence-electron chi connectivity index (χ4n) is 5.68. The Bertz CT molecular complexity index is 561. The zero-order chi connectivity index (χ0) is 31.3. The number of rotatable bonds is 36. The molecule has 0 fully saturated rings. The number of aliphatic hydroxyl groups is 1. The Morgan fingerprint density at radius 1 is 0.535 bits per heavy atom. The number of carbonyl (C=O) groups excluding carboxylic acids is 1. The predicted molar refractivity (Wildman–Crippen MR) is 187 cm³/mol. The first-order valence-corrected chi connectivity index (χ1v) is 19.3. The van der Waals surface area contributed by atoms with Gasteiger partial charge < -0.3 is 14.6 Å². The first kappa shape index (κ1) is 42.1. The molecule has 0 aliphatic rings. The highest BCUT2D eigenvalue weighted by molar-refractivity contribution is 5.69. The number of allylic oxidation sites excluding steroid dienone is 2. The summed E-state index contributed by atoms with van der Waals surface area (Å²) in [5.74, 6) is -0.200. The van der Waals surface area contributed by atoms with Crippen LogP contribution in [0.25, 0.3) is 0 Å². The Balaban J connectivity index is 3.37. The minimum Gasteiger partial charge on any atom is -0.457 e. The van der Waals surface area contributed by atoms with Gasteiger partial charge in [0.2, 0.25) is 0 Å². The van der Waals surface area contributed by atoms with Gasteiger partial charge in [0.25, 0.3) is 0 Å². The van der Waals surface area contributed by atoms with Gasteiger partial charge in [-0.1, -0.05) is 174 Å². The van der Waals surface area contributed by atoms with Crippen LogP contribution in [0, 0.1) is 0 Å². The van der Waals surface area contributed by atoms with Crippen molar-refractivity contribution in [1.29, 1.82) is 0 Å². The molecule has 43 heavy (non-hydrogen) atoms.